The predicted octanol–water partition coefficient (Wildman–Crippen LogP) is 11.5. The van der Waals surface area contributed by atoms with Crippen molar-refractivity contribution < 1.29 is 9.47 Å². The molecule has 0 saturated heterocycles. The van der Waals surface area contributed by atoms with Crippen molar-refractivity contribution in [1.29, 1.82) is 0 Å². The van der Waals surface area contributed by atoms with Gasteiger partial charge in [-0.1, -0.05) is 103 Å². The first-order valence-corrected chi connectivity index (χ1v) is 17.1. The van der Waals surface area contributed by atoms with Gasteiger partial charge in [0.25, 0.3) is 0 Å². The summed E-state index contributed by atoms with van der Waals surface area (Å²) in [4.78, 5) is 0. The van der Waals surface area contributed by atoms with Gasteiger partial charge in [0.2, 0.25) is 0 Å². The van der Waals surface area contributed by atoms with Crippen molar-refractivity contribution in [2.45, 2.75) is 151 Å². The average molecular weight is 576 g/mol. The van der Waals surface area contributed by atoms with Crippen molar-refractivity contribution >= 4 is 15.9 Å². The number of hydrogen-bond acceptors (Lipinski definition) is 2. The van der Waals surface area contributed by atoms with E-state index in [1.165, 1.54) is 96.3 Å². The summed E-state index contributed by atoms with van der Waals surface area (Å²) in [5, 5.41) is 1.15. The molecule has 0 aliphatic heterocycles. The van der Waals surface area contributed by atoms with Gasteiger partial charge >= 0.3 is 0 Å². The molecule has 0 bridgehead atoms. The third kappa shape index (κ3) is 24.7. The lowest BCUT2D eigenvalue weighted by Crippen LogP contribution is -2.13. The van der Waals surface area contributed by atoms with Crippen LogP contribution in [0, 0.1) is 35.5 Å². The van der Waals surface area contributed by atoms with Crippen LogP contribution in [0.3, 0.4) is 0 Å². The minimum absolute atomic E-state index is 0.477. The first-order chi connectivity index (χ1) is 17.3. The molecular weight excluding hydrogens is 508 g/mol. The number of alkyl halides is 1. The Bertz CT molecular complexity index is 443. The molecule has 0 aliphatic rings. The molecule has 36 heavy (non-hydrogen) atoms. The molecule has 218 valence electrons. The van der Waals surface area contributed by atoms with Gasteiger partial charge in [-0.25, -0.2) is 0 Å². The second-order valence-corrected chi connectivity index (χ2v) is 13.6. The van der Waals surface area contributed by atoms with Gasteiger partial charge in [-0.3, -0.25) is 0 Å². The summed E-state index contributed by atoms with van der Waals surface area (Å²) in [5.41, 5.74) is 0. The van der Waals surface area contributed by atoms with Crippen LogP contribution in [-0.2, 0) is 9.47 Å². The summed E-state index contributed by atoms with van der Waals surface area (Å²) in [6, 6.07) is 0. The van der Waals surface area contributed by atoms with E-state index in [0.29, 0.717) is 6.79 Å². The normalized spacial score (nSPS) is 17.0. The summed E-state index contributed by atoms with van der Waals surface area (Å²) in [6.07, 6.45) is 21.4. The van der Waals surface area contributed by atoms with Crippen LogP contribution in [0.4, 0.5) is 0 Å². The van der Waals surface area contributed by atoms with E-state index >= 15 is 0 Å². The van der Waals surface area contributed by atoms with E-state index < -0.39 is 0 Å². The molecule has 0 heterocycles. The molecule has 0 amide bonds. The number of ether oxygens (including phenoxy) is 2. The Balaban J connectivity index is 3.71. The van der Waals surface area contributed by atoms with Gasteiger partial charge in [0.1, 0.15) is 6.79 Å². The lowest BCUT2D eigenvalue weighted by atomic mass is 9.81. The molecule has 0 aromatic carbocycles. The van der Waals surface area contributed by atoms with Crippen molar-refractivity contribution in [3.63, 3.8) is 0 Å². The van der Waals surface area contributed by atoms with E-state index in [-0.39, 0.29) is 0 Å². The molecule has 0 saturated carbocycles. The molecule has 0 N–H and O–H groups in total. The zero-order valence-electron chi connectivity index (χ0n) is 25.8. The second kappa shape index (κ2) is 25.7. The fourth-order valence-corrected chi connectivity index (χ4v) is 6.68. The van der Waals surface area contributed by atoms with Crippen LogP contribution < -0.4 is 0 Å². The van der Waals surface area contributed by atoms with Gasteiger partial charge in [0.15, 0.2) is 0 Å². The van der Waals surface area contributed by atoms with E-state index in [1.807, 2.05) is 0 Å². The number of hydrogen-bond donors (Lipinski definition) is 0. The van der Waals surface area contributed by atoms with Crippen molar-refractivity contribution in [3.05, 3.63) is 0 Å². The molecule has 0 rings (SSSR count). The van der Waals surface area contributed by atoms with Gasteiger partial charge in [-0.15, -0.1) is 0 Å². The van der Waals surface area contributed by atoms with Crippen molar-refractivity contribution in [1.82, 2.24) is 0 Å². The first kappa shape index (κ1) is 36.4. The lowest BCUT2D eigenvalue weighted by molar-refractivity contribution is -0.0561. The van der Waals surface area contributed by atoms with Crippen molar-refractivity contribution in [2.24, 2.45) is 35.5 Å². The molecule has 2 nitrogen and oxygen atoms in total. The highest BCUT2D eigenvalue weighted by Gasteiger charge is 2.17. The monoisotopic (exact) mass is 574 g/mol. The smallest absolute Gasteiger partial charge is 0.146 e. The SMILES string of the molecule is CCCCCCCCCOCOCCCC(C)CC(C)CC(C)CC(C)CC(C)CC(C)CCCBr. The Morgan fingerprint density at radius 1 is 0.472 bits per heavy atom. The minimum atomic E-state index is 0.477. The fraction of sp³-hybridized carbons (Fsp3) is 1.00. The van der Waals surface area contributed by atoms with Crippen LogP contribution in [0.2, 0.25) is 0 Å². The molecule has 0 radical (unpaired) electrons. The summed E-state index contributed by atoms with van der Waals surface area (Å²) >= 11 is 3.57. The molecule has 6 unspecified atom stereocenters. The summed E-state index contributed by atoms with van der Waals surface area (Å²) in [6.45, 7) is 19.2. The van der Waals surface area contributed by atoms with Crippen molar-refractivity contribution in [2.75, 3.05) is 25.3 Å². The lowest BCUT2D eigenvalue weighted by Gasteiger charge is -2.25. The number of unbranched alkanes of at least 4 members (excludes halogenated alkanes) is 6. The summed E-state index contributed by atoms with van der Waals surface area (Å²) < 4.78 is 11.3. The third-order valence-electron chi connectivity index (χ3n) is 7.90. The van der Waals surface area contributed by atoms with Gasteiger partial charge in [-0.05, 0) is 99.7 Å². The van der Waals surface area contributed by atoms with E-state index in [4.69, 9.17) is 9.47 Å². The Morgan fingerprint density at radius 2 is 0.861 bits per heavy atom. The topological polar surface area (TPSA) is 18.5 Å². The van der Waals surface area contributed by atoms with E-state index in [2.05, 4.69) is 64.4 Å². The van der Waals surface area contributed by atoms with Crippen LogP contribution in [0.15, 0.2) is 0 Å². The predicted molar refractivity (Wildman–Crippen MR) is 165 cm³/mol. The molecule has 0 spiro atoms. The number of halogens is 1. The Morgan fingerprint density at radius 3 is 1.33 bits per heavy atom. The van der Waals surface area contributed by atoms with Gasteiger partial charge < -0.3 is 9.47 Å². The highest BCUT2D eigenvalue weighted by atomic mass is 79.9. The molecule has 0 fully saturated rings. The van der Waals surface area contributed by atoms with E-state index in [0.717, 1.165) is 60.5 Å². The van der Waals surface area contributed by atoms with Crippen LogP contribution in [0.25, 0.3) is 0 Å². The maximum Gasteiger partial charge on any atom is 0.146 e. The van der Waals surface area contributed by atoms with Gasteiger partial charge in [-0.2, -0.15) is 0 Å². The average Bonchev–Trinajstić information content (AvgIpc) is 2.80. The number of rotatable bonds is 27. The Kier molecular flexibility index (Phi) is 26.0. The Labute approximate surface area is 237 Å². The zero-order chi connectivity index (χ0) is 27.0. The quantitative estimate of drug-likeness (QED) is 0.0551. The van der Waals surface area contributed by atoms with E-state index in [1.54, 1.807) is 0 Å². The maximum absolute atomic E-state index is 5.71. The van der Waals surface area contributed by atoms with Crippen LogP contribution in [0.5, 0.6) is 0 Å². The van der Waals surface area contributed by atoms with Crippen LogP contribution in [0.1, 0.15) is 151 Å². The second-order valence-electron chi connectivity index (χ2n) is 12.8. The van der Waals surface area contributed by atoms with Crippen molar-refractivity contribution in [3.8, 4) is 0 Å². The van der Waals surface area contributed by atoms with Crippen LogP contribution in [-0.4, -0.2) is 25.3 Å². The fourth-order valence-electron chi connectivity index (χ4n) is 6.35. The molecular formula is C33H67BrO2. The van der Waals surface area contributed by atoms with Gasteiger partial charge in [0, 0.05) is 18.5 Å². The first-order valence-electron chi connectivity index (χ1n) is 16.0. The highest BCUT2D eigenvalue weighted by molar-refractivity contribution is 9.09. The molecule has 3 heteroatoms. The standard InChI is InChI=1S/C33H67BrO2/c1-8-9-10-11-12-13-14-20-35-27-36-21-16-18-29(3)23-31(5)25-33(7)26-32(6)24-30(4)22-28(2)17-15-19-34/h28-33H,8-27H2,1-7H3. The highest BCUT2D eigenvalue weighted by Crippen LogP contribution is 2.29. The molecule has 0 aliphatic carbocycles. The summed E-state index contributed by atoms with van der Waals surface area (Å²) in [5.74, 6) is 5.06. The zero-order valence-corrected chi connectivity index (χ0v) is 27.4. The third-order valence-corrected chi connectivity index (χ3v) is 8.46. The van der Waals surface area contributed by atoms with Crippen LogP contribution >= 0.6 is 15.9 Å². The Hall–Kier alpha value is 0.400. The minimum Gasteiger partial charge on any atom is -0.355 e. The molecule has 0 aromatic heterocycles. The largest absolute Gasteiger partial charge is 0.355 e. The molecule has 0 aromatic rings. The summed E-state index contributed by atoms with van der Waals surface area (Å²) in [7, 11) is 0. The molecule has 6 atom stereocenters. The van der Waals surface area contributed by atoms with Gasteiger partial charge in [0.05, 0.1) is 0 Å². The maximum atomic E-state index is 5.71. The van der Waals surface area contributed by atoms with E-state index in [9.17, 15) is 0 Å².